The number of nitrogens with zero attached hydrogens (tertiary/aromatic N) is 2. The van der Waals surface area contributed by atoms with Crippen molar-refractivity contribution in [3.05, 3.63) is 46.5 Å². The minimum atomic E-state index is 0.434. The van der Waals surface area contributed by atoms with Gasteiger partial charge in [-0.05, 0) is 49.0 Å². The van der Waals surface area contributed by atoms with Crippen molar-refractivity contribution in [2.45, 2.75) is 6.92 Å². The Balaban J connectivity index is 2.17. The molecule has 0 spiro atoms. The predicted molar refractivity (Wildman–Crippen MR) is 114 cm³/mol. The molecule has 6 nitrogen and oxygen atoms in total. The van der Waals surface area contributed by atoms with Gasteiger partial charge in [-0.15, -0.1) is 0 Å². The van der Waals surface area contributed by atoms with Gasteiger partial charge in [0, 0.05) is 23.3 Å². The molecule has 0 unspecified atom stereocenters. The zero-order valence-corrected chi connectivity index (χ0v) is 17.4. The molecule has 144 valence electrons. The Morgan fingerprint density at radius 2 is 1.78 bits per heavy atom. The molecule has 0 saturated carbocycles. The lowest BCUT2D eigenvalue weighted by molar-refractivity contribution is 0.324. The summed E-state index contributed by atoms with van der Waals surface area (Å²) in [6.45, 7) is 1.92. The molecule has 0 aliphatic carbocycles. The van der Waals surface area contributed by atoms with Crippen LogP contribution >= 0.6 is 23.8 Å². The van der Waals surface area contributed by atoms with Crippen molar-refractivity contribution in [3.63, 3.8) is 0 Å². The first-order valence-electron chi connectivity index (χ1n) is 8.05. The van der Waals surface area contributed by atoms with Gasteiger partial charge in [0.05, 0.1) is 27.5 Å². The van der Waals surface area contributed by atoms with Gasteiger partial charge in [-0.25, -0.2) is 5.01 Å². The second-order valence-electron chi connectivity index (χ2n) is 5.57. The summed E-state index contributed by atoms with van der Waals surface area (Å²) in [4.78, 5) is 0. The van der Waals surface area contributed by atoms with Gasteiger partial charge in [-0.1, -0.05) is 17.7 Å². The molecule has 2 aromatic carbocycles. The van der Waals surface area contributed by atoms with Gasteiger partial charge in [0.25, 0.3) is 0 Å². The summed E-state index contributed by atoms with van der Waals surface area (Å²) in [7, 11) is 6.45. The number of benzene rings is 2. The summed E-state index contributed by atoms with van der Waals surface area (Å²) in [5.74, 6) is 1.63. The quantitative estimate of drug-likeness (QED) is 0.437. The fraction of sp³-hybridized carbons (Fsp3) is 0.263. The van der Waals surface area contributed by atoms with Crippen molar-refractivity contribution in [2.24, 2.45) is 5.10 Å². The van der Waals surface area contributed by atoms with Gasteiger partial charge < -0.3 is 19.5 Å². The second-order valence-corrected chi connectivity index (χ2v) is 6.36. The van der Waals surface area contributed by atoms with Crippen LogP contribution in [0.1, 0.15) is 11.1 Å². The highest BCUT2D eigenvalue weighted by Crippen LogP contribution is 2.37. The summed E-state index contributed by atoms with van der Waals surface area (Å²) in [5, 5.41) is 10.2. The van der Waals surface area contributed by atoms with E-state index in [9.17, 15) is 0 Å². The van der Waals surface area contributed by atoms with Crippen LogP contribution in [0, 0.1) is 6.92 Å². The summed E-state index contributed by atoms with van der Waals surface area (Å²) < 4.78 is 16.0. The number of ether oxygens (including phenoxy) is 3. The molecule has 8 heteroatoms. The van der Waals surface area contributed by atoms with Gasteiger partial charge >= 0.3 is 0 Å². The predicted octanol–water partition coefficient (Wildman–Crippen LogP) is 4.34. The molecule has 0 aromatic heterocycles. The van der Waals surface area contributed by atoms with Gasteiger partial charge in [0.2, 0.25) is 5.75 Å². The maximum Gasteiger partial charge on any atom is 0.203 e. The smallest absolute Gasteiger partial charge is 0.203 e. The van der Waals surface area contributed by atoms with E-state index < -0.39 is 0 Å². The number of thiocarbonyl (C=S) groups is 1. The zero-order valence-electron chi connectivity index (χ0n) is 15.9. The molecule has 0 aliphatic heterocycles. The number of hydrazone groups is 1. The number of rotatable bonds is 6. The van der Waals surface area contributed by atoms with Crippen LogP contribution in [0.15, 0.2) is 35.4 Å². The van der Waals surface area contributed by atoms with Gasteiger partial charge in [-0.3, -0.25) is 0 Å². The number of anilines is 1. The van der Waals surface area contributed by atoms with E-state index in [4.69, 9.17) is 38.0 Å². The van der Waals surface area contributed by atoms with Crippen molar-refractivity contribution >= 4 is 40.8 Å². The van der Waals surface area contributed by atoms with Crippen molar-refractivity contribution < 1.29 is 14.2 Å². The van der Waals surface area contributed by atoms with Crippen LogP contribution in [0.3, 0.4) is 0 Å². The lowest BCUT2D eigenvalue weighted by atomic mass is 10.2. The molecule has 2 aromatic rings. The summed E-state index contributed by atoms with van der Waals surface area (Å²) in [6.07, 6.45) is 1.66. The molecule has 0 fully saturated rings. The van der Waals surface area contributed by atoms with E-state index in [1.165, 1.54) is 0 Å². The fourth-order valence-corrected chi connectivity index (χ4v) is 2.65. The Kier molecular flexibility index (Phi) is 7.27. The van der Waals surface area contributed by atoms with Crippen LogP contribution in [0.4, 0.5) is 5.69 Å². The minimum Gasteiger partial charge on any atom is -0.493 e. The van der Waals surface area contributed by atoms with Crippen LogP contribution in [0.2, 0.25) is 5.02 Å². The Morgan fingerprint density at radius 3 is 2.33 bits per heavy atom. The number of hydrogen-bond acceptors (Lipinski definition) is 5. The molecule has 0 radical (unpaired) electrons. The van der Waals surface area contributed by atoms with Crippen LogP contribution in [0.5, 0.6) is 17.2 Å². The normalized spacial score (nSPS) is 10.6. The lowest BCUT2D eigenvalue weighted by Crippen LogP contribution is -2.27. The third kappa shape index (κ3) is 5.02. The first-order valence-corrected chi connectivity index (χ1v) is 8.83. The van der Waals surface area contributed by atoms with Gasteiger partial charge in [-0.2, -0.15) is 5.10 Å². The van der Waals surface area contributed by atoms with Crippen LogP contribution in [-0.4, -0.2) is 44.7 Å². The van der Waals surface area contributed by atoms with Crippen LogP contribution < -0.4 is 19.5 Å². The molecule has 0 bridgehead atoms. The number of halogens is 1. The third-order valence-corrected chi connectivity index (χ3v) is 4.65. The topological polar surface area (TPSA) is 55.3 Å². The minimum absolute atomic E-state index is 0.434. The molecular weight excluding hydrogens is 386 g/mol. The van der Waals surface area contributed by atoms with Crippen LogP contribution in [-0.2, 0) is 0 Å². The zero-order chi connectivity index (χ0) is 20.0. The standard InChI is InChI=1S/C19H22ClN3O3S/c1-12-14(20)7-6-8-15(12)22-19(27)23(2)21-11-13-9-16(24-3)18(26-5)17(10-13)25-4/h6-11H,1-5H3,(H,22,27)/b21-11-. The molecule has 1 N–H and O–H groups in total. The molecule has 0 saturated heterocycles. The van der Waals surface area contributed by atoms with Crippen molar-refractivity contribution in [1.82, 2.24) is 5.01 Å². The molecular formula is C19H22ClN3O3S. The highest BCUT2D eigenvalue weighted by Gasteiger charge is 2.13. The number of methoxy groups -OCH3 is 3. The molecule has 0 amide bonds. The molecule has 2 rings (SSSR count). The van der Waals surface area contributed by atoms with E-state index in [1.54, 1.807) is 51.7 Å². The Labute approximate surface area is 169 Å². The monoisotopic (exact) mass is 407 g/mol. The average Bonchev–Trinajstić information content (AvgIpc) is 2.68. The van der Waals surface area contributed by atoms with Crippen molar-refractivity contribution in [1.29, 1.82) is 0 Å². The molecule has 27 heavy (non-hydrogen) atoms. The Hall–Kier alpha value is -2.51. The highest BCUT2D eigenvalue weighted by molar-refractivity contribution is 7.80. The lowest BCUT2D eigenvalue weighted by Gasteiger charge is -2.17. The maximum atomic E-state index is 6.14. The fourth-order valence-electron chi connectivity index (χ4n) is 2.32. The molecule has 0 heterocycles. The van der Waals surface area contributed by atoms with E-state index in [2.05, 4.69) is 10.4 Å². The van der Waals surface area contributed by atoms with Crippen molar-refractivity contribution in [3.8, 4) is 17.2 Å². The molecule has 0 aliphatic rings. The summed E-state index contributed by atoms with van der Waals surface area (Å²) in [5.41, 5.74) is 2.53. The average molecular weight is 408 g/mol. The first-order chi connectivity index (χ1) is 12.9. The third-order valence-electron chi connectivity index (χ3n) is 3.87. The molecule has 0 atom stereocenters. The van der Waals surface area contributed by atoms with E-state index in [-0.39, 0.29) is 0 Å². The second kappa shape index (κ2) is 9.43. The largest absolute Gasteiger partial charge is 0.493 e. The Morgan fingerprint density at radius 1 is 1.15 bits per heavy atom. The van der Waals surface area contributed by atoms with Gasteiger partial charge in [0.15, 0.2) is 16.6 Å². The van der Waals surface area contributed by atoms with Crippen molar-refractivity contribution in [2.75, 3.05) is 33.7 Å². The van der Waals surface area contributed by atoms with Crippen LogP contribution in [0.25, 0.3) is 0 Å². The number of nitrogens with one attached hydrogen (secondary N) is 1. The first kappa shape index (κ1) is 20.8. The van der Waals surface area contributed by atoms with E-state index in [0.717, 1.165) is 16.8 Å². The summed E-state index contributed by atoms with van der Waals surface area (Å²) >= 11 is 11.5. The van der Waals surface area contributed by atoms with E-state index >= 15 is 0 Å². The van der Waals surface area contributed by atoms with E-state index in [0.29, 0.717) is 27.4 Å². The highest BCUT2D eigenvalue weighted by atomic mass is 35.5. The Bertz CT molecular complexity index is 833. The SMILES string of the molecule is COc1cc(/C=N\N(C)C(=S)Nc2cccc(Cl)c2C)cc(OC)c1OC. The summed E-state index contributed by atoms with van der Waals surface area (Å²) in [6, 6.07) is 9.20. The van der Waals surface area contributed by atoms with E-state index in [1.807, 2.05) is 25.1 Å². The maximum absolute atomic E-state index is 6.14. The number of hydrogen-bond donors (Lipinski definition) is 1. The van der Waals surface area contributed by atoms with Gasteiger partial charge in [0.1, 0.15) is 0 Å².